The summed E-state index contributed by atoms with van der Waals surface area (Å²) >= 11 is 0. The number of rotatable bonds is 6. The van der Waals surface area contributed by atoms with Crippen LogP contribution in [0.2, 0.25) is 0 Å². The Morgan fingerprint density at radius 2 is 1.62 bits per heavy atom. The van der Waals surface area contributed by atoms with Crippen molar-refractivity contribution in [2.75, 3.05) is 4.90 Å². The molecule has 4 heteroatoms. The van der Waals surface area contributed by atoms with Crippen LogP contribution < -0.4 is 10.2 Å². The fourth-order valence-electron chi connectivity index (χ4n) is 5.04. The quantitative estimate of drug-likeness (QED) is 0.654. The average Bonchev–Trinajstić information content (AvgIpc) is 3.39. The van der Waals surface area contributed by atoms with Crippen LogP contribution >= 0.6 is 0 Å². The van der Waals surface area contributed by atoms with Gasteiger partial charge in [0.2, 0.25) is 11.8 Å². The van der Waals surface area contributed by atoms with Crippen molar-refractivity contribution in [2.45, 2.75) is 64.0 Å². The molecule has 0 atom stereocenters. The molecule has 0 bridgehead atoms. The number of benzene rings is 2. The molecular weight excluding hydrogens is 396 g/mol. The van der Waals surface area contributed by atoms with E-state index < -0.39 is 0 Å². The fraction of sp³-hybridized carbons (Fsp3) is 0.429. The number of anilines is 1. The van der Waals surface area contributed by atoms with E-state index in [0.29, 0.717) is 6.54 Å². The molecule has 32 heavy (non-hydrogen) atoms. The molecule has 0 unspecified atom stereocenters. The van der Waals surface area contributed by atoms with Gasteiger partial charge in [0.25, 0.3) is 0 Å². The largest absolute Gasteiger partial charge is 0.353 e. The Morgan fingerprint density at radius 1 is 0.906 bits per heavy atom. The predicted octanol–water partition coefficient (Wildman–Crippen LogP) is 5.07. The summed E-state index contributed by atoms with van der Waals surface area (Å²) in [6, 6.07) is 17.9. The minimum absolute atomic E-state index is 0.0344. The van der Waals surface area contributed by atoms with Crippen LogP contribution in [0.5, 0.6) is 0 Å². The third kappa shape index (κ3) is 5.40. The van der Waals surface area contributed by atoms with E-state index in [-0.39, 0.29) is 29.7 Å². The third-order valence-electron chi connectivity index (χ3n) is 6.92. The molecule has 2 saturated carbocycles. The van der Waals surface area contributed by atoms with Gasteiger partial charge < -0.3 is 10.2 Å². The van der Waals surface area contributed by atoms with Gasteiger partial charge in [0, 0.05) is 29.1 Å². The van der Waals surface area contributed by atoms with E-state index in [2.05, 4.69) is 11.2 Å². The van der Waals surface area contributed by atoms with E-state index in [0.717, 1.165) is 68.2 Å². The van der Waals surface area contributed by atoms with E-state index in [1.165, 1.54) is 0 Å². The number of carbonyl (C=O) groups excluding carboxylic acids is 2. The first-order valence-corrected chi connectivity index (χ1v) is 11.9. The molecular formula is C28H32N2O2. The van der Waals surface area contributed by atoms with E-state index >= 15 is 0 Å². The van der Waals surface area contributed by atoms with Gasteiger partial charge in [-0.1, -0.05) is 55.2 Å². The van der Waals surface area contributed by atoms with Gasteiger partial charge in [-0.2, -0.15) is 0 Å². The SMILES string of the molecule is C#Cc1cccc(N(Cc2ccccc2)C(=O)C2CCC(NC(=O)C3CCCC3)CC2)c1. The third-order valence-corrected chi connectivity index (χ3v) is 6.92. The summed E-state index contributed by atoms with van der Waals surface area (Å²) in [5.74, 6) is 3.19. The molecule has 4 rings (SSSR count). The topological polar surface area (TPSA) is 49.4 Å². The number of amides is 2. The number of hydrogen-bond donors (Lipinski definition) is 1. The molecule has 2 amide bonds. The van der Waals surface area contributed by atoms with Gasteiger partial charge in [0.15, 0.2) is 0 Å². The average molecular weight is 429 g/mol. The first-order chi connectivity index (χ1) is 15.6. The van der Waals surface area contributed by atoms with E-state index in [9.17, 15) is 9.59 Å². The highest BCUT2D eigenvalue weighted by Crippen LogP contribution is 2.31. The van der Waals surface area contributed by atoms with Crippen LogP contribution in [0.3, 0.4) is 0 Å². The first kappa shape index (κ1) is 22.1. The Kier molecular flexibility index (Phi) is 7.27. The molecule has 0 saturated heterocycles. The summed E-state index contributed by atoms with van der Waals surface area (Å²) in [7, 11) is 0. The lowest BCUT2D eigenvalue weighted by Gasteiger charge is -2.33. The van der Waals surface area contributed by atoms with Gasteiger partial charge in [-0.3, -0.25) is 9.59 Å². The van der Waals surface area contributed by atoms with E-state index in [4.69, 9.17) is 6.42 Å². The molecule has 2 aromatic carbocycles. The summed E-state index contributed by atoms with van der Waals surface area (Å²) in [6.07, 6.45) is 13.3. The van der Waals surface area contributed by atoms with Gasteiger partial charge in [0.05, 0.1) is 6.54 Å². The van der Waals surface area contributed by atoms with Crippen molar-refractivity contribution in [3.63, 3.8) is 0 Å². The number of terminal acetylenes is 1. The van der Waals surface area contributed by atoms with E-state index in [1.807, 2.05) is 59.5 Å². The lowest BCUT2D eigenvalue weighted by molar-refractivity contribution is -0.126. The maximum Gasteiger partial charge on any atom is 0.230 e. The van der Waals surface area contributed by atoms with Crippen LogP contribution in [-0.2, 0) is 16.1 Å². The second-order valence-electron chi connectivity index (χ2n) is 9.14. The summed E-state index contributed by atoms with van der Waals surface area (Å²) in [4.78, 5) is 28.0. The van der Waals surface area contributed by atoms with Crippen LogP contribution in [0, 0.1) is 24.2 Å². The Balaban J connectivity index is 1.43. The first-order valence-electron chi connectivity index (χ1n) is 11.9. The molecule has 2 aromatic rings. The molecule has 0 aliphatic heterocycles. The molecule has 4 nitrogen and oxygen atoms in total. The smallest absolute Gasteiger partial charge is 0.230 e. The highest BCUT2D eigenvalue weighted by molar-refractivity contribution is 5.95. The van der Waals surface area contributed by atoms with Crippen molar-refractivity contribution in [3.8, 4) is 12.3 Å². The normalized spacial score (nSPS) is 21.0. The molecule has 2 aliphatic carbocycles. The molecule has 1 N–H and O–H groups in total. The number of carbonyl (C=O) groups is 2. The highest BCUT2D eigenvalue weighted by atomic mass is 16.2. The highest BCUT2D eigenvalue weighted by Gasteiger charge is 2.32. The summed E-state index contributed by atoms with van der Waals surface area (Å²) in [6.45, 7) is 0.520. The second-order valence-corrected chi connectivity index (χ2v) is 9.14. The minimum Gasteiger partial charge on any atom is -0.353 e. The van der Waals surface area contributed by atoms with Crippen LogP contribution in [0.1, 0.15) is 62.5 Å². The Bertz CT molecular complexity index is 964. The van der Waals surface area contributed by atoms with Gasteiger partial charge in [-0.15, -0.1) is 6.42 Å². The van der Waals surface area contributed by atoms with Crippen molar-refractivity contribution in [3.05, 3.63) is 65.7 Å². The monoisotopic (exact) mass is 428 g/mol. The number of nitrogens with zero attached hydrogens (tertiary/aromatic N) is 1. The Hall–Kier alpha value is -3.06. The van der Waals surface area contributed by atoms with Gasteiger partial charge in [-0.25, -0.2) is 0 Å². The maximum atomic E-state index is 13.6. The van der Waals surface area contributed by atoms with Crippen molar-refractivity contribution in [1.29, 1.82) is 0 Å². The second kappa shape index (κ2) is 10.5. The molecule has 2 aliphatic rings. The van der Waals surface area contributed by atoms with Gasteiger partial charge in [0.1, 0.15) is 0 Å². The van der Waals surface area contributed by atoms with Crippen molar-refractivity contribution >= 4 is 17.5 Å². The molecule has 0 heterocycles. The van der Waals surface area contributed by atoms with Crippen molar-refractivity contribution in [1.82, 2.24) is 5.32 Å². The number of hydrogen-bond acceptors (Lipinski definition) is 2. The molecule has 166 valence electrons. The Labute approximate surface area is 191 Å². The lowest BCUT2D eigenvalue weighted by atomic mass is 9.84. The predicted molar refractivity (Wildman–Crippen MR) is 128 cm³/mol. The summed E-state index contributed by atoms with van der Waals surface area (Å²) < 4.78 is 0. The molecule has 0 aromatic heterocycles. The van der Waals surface area contributed by atoms with Crippen molar-refractivity contribution in [2.24, 2.45) is 11.8 Å². The number of nitrogens with one attached hydrogen (secondary N) is 1. The van der Waals surface area contributed by atoms with Crippen LogP contribution in [0.4, 0.5) is 5.69 Å². The Morgan fingerprint density at radius 3 is 2.31 bits per heavy atom. The maximum absolute atomic E-state index is 13.6. The van der Waals surface area contributed by atoms with Gasteiger partial charge in [-0.05, 0) is 62.3 Å². The summed E-state index contributed by atoms with van der Waals surface area (Å²) in [5, 5.41) is 3.25. The molecule has 0 radical (unpaired) electrons. The molecule has 0 spiro atoms. The van der Waals surface area contributed by atoms with Crippen LogP contribution in [-0.4, -0.2) is 17.9 Å². The van der Waals surface area contributed by atoms with Crippen LogP contribution in [0.25, 0.3) is 0 Å². The lowest BCUT2D eigenvalue weighted by Crippen LogP contribution is -2.43. The van der Waals surface area contributed by atoms with Gasteiger partial charge >= 0.3 is 0 Å². The van der Waals surface area contributed by atoms with Crippen molar-refractivity contribution < 1.29 is 9.59 Å². The summed E-state index contributed by atoms with van der Waals surface area (Å²) in [5.41, 5.74) is 2.70. The fourth-order valence-corrected chi connectivity index (χ4v) is 5.04. The zero-order valence-corrected chi connectivity index (χ0v) is 18.6. The molecule has 2 fully saturated rings. The minimum atomic E-state index is -0.0344. The zero-order chi connectivity index (χ0) is 22.3. The van der Waals surface area contributed by atoms with Crippen LogP contribution in [0.15, 0.2) is 54.6 Å². The van der Waals surface area contributed by atoms with E-state index in [1.54, 1.807) is 0 Å². The zero-order valence-electron chi connectivity index (χ0n) is 18.6. The standard InChI is InChI=1S/C28H32N2O2/c1-2-21-11-8-14-26(19-21)30(20-22-9-4-3-5-10-22)28(32)24-15-17-25(18-16-24)29-27(31)23-12-6-7-13-23/h1,3-5,8-11,14,19,23-25H,6-7,12-13,15-18,20H2,(H,29,31).